The lowest BCUT2D eigenvalue weighted by Gasteiger charge is -2.33. The minimum atomic E-state index is -1.09. The van der Waals surface area contributed by atoms with E-state index in [4.69, 9.17) is 0 Å². The van der Waals surface area contributed by atoms with Crippen molar-refractivity contribution >= 4 is 39.2 Å². The number of rotatable bonds is 7. The quantitative estimate of drug-likeness (QED) is 0.504. The second kappa shape index (κ2) is 9.78. The van der Waals surface area contributed by atoms with E-state index in [1.807, 2.05) is 42.2 Å². The number of anilines is 3. The lowest BCUT2D eigenvalue weighted by molar-refractivity contribution is -0.121. The number of nitrogens with one attached hydrogen (secondary N) is 2. The first-order chi connectivity index (χ1) is 15.5. The molecule has 3 N–H and O–H groups in total. The summed E-state index contributed by atoms with van der Waals surface area (Å²) in [5.74, 6) is -0.540. The van der Waals surface area contributed by atoms with Crippen LogP contribution >= 0.6 is 11.3 Å². The van der Waals surface area contributed by atoms with Gasteiger partial charge >= 0.3 is 5.97 Å². The van der Waals surface area contributed by atoms with Gasteiger partial charge in [-0.1, -0.05) is 47.2 Å². The highest BCUT2D eigenvalue weighted by molar-refractivity contribution is 7.20. The number of pyridine rings is 1. The van der Waals surface area contributed by atoms with Gasteiger partial charge in [-0.25, -0.2) is 14.8 Å². The lowest BCUT2D eigenvalue weighted by atomic mass is 10.0. The summed E-state index contributed by atoms with van der Waals surface area (Å²) in [5, 5.41) is 16.8. The molecule has 2 aromatic heterocycles. The van der Waals surface area contributed by atoms with Gasteiger partial charge in [0.05, 0.1) is 6.42 Å². The van der Waals surface area contributed by atoms with Crippen molar-refractivity contribution in [3.63, 3.8) is 0 Å². The number of hydrogen-bond acceptors (Lipinski definition) is 7. The fourth-order valence-corrected chi connectivity index (χ4v) is 4.78. The van der Waals surface area contributed by atoms with Crippen molar-refractivity contribution in [3.8, 4) is 0 Å². The highest BCUT2D eigenvalue weighted by atomic mass is 32.1. The van der Waals surface area contributed by atoms with E-state index in [-0.39, 0.29) is 17.6 Å². The first-order valence-corrected chi connectivity index (χ1v) is 11.3. The molecule has 1 amide bonds. The first-order valence-electron chi connectivity index (χ1n) is 10.5. The van der Waals surface area contributed by atoms with Crippen molar-refractivity contribution in [2.75, 3.05) is 23.3 Å². The molecule has 3 aromatic rings. The number of aromatic nitrogens is 2. The minimum Gasteiger partial charge on any atom is -0.476 e. The fourth-order valence-electron chi connectivity index (χ4n) is 3.78. The van der Waals surface area contributed by atoms with Crippen LogP contribution in [0.3, 0.4) is 0 Å². The highest BCUT2D eigenvalue weighted by Gasteiger charge is 2.26. The first kappa shape index (κ1) is 21.8. The molecule has 32 heavy (non-hydrogen) atoms. The summed E-state index contributed by atoms with van der Waals surface area (Å²) in [5.41, 5.74) is 2.10. The molecule has 9 heteroatoms. The van der Waals surface area contributed by atoms with Crippen LogP contribution in [0.1, 0.15) is 34.5 Å². The second-order valence-corrected chi connectivity index (χ2v) is 8.82. The number of aromatic carboxylic acids is 1. The Labute approximate surface area is 190 Å². The lowest BCUT2D eigenvalue weighted by Crippen LogP contribution is -2.48. The predicted octanol–water partition coefficient (Wildman–Crippen LogP) is 3.62. The fraction of sp³-hybridized carbons (Fsp3) is 0.304. The molecule has 1 fully saturated rings. The van der Waals surface area contributed by atoms with Gasteiger partial charge in [0.2, 0.25) is 5.91 Å². The van der Waals surface area contributed by atoms with E-state index in [0.717, 1.165) is 30.5 Å². The van der Waals surface area contributed by atoms with E-state index in [1.54, 1.807) is 18.3 Å². The van der Waals surface area contributed by atoms with Gasteiger partial charge in [-0.05, 0) is 37.5 Å². The van der Waals surface area contributed by atoms with Gasteiger partial charge in [0, 0.05) is 25.3 Å². The van der Waals surface area contributed by atoms with Crippen molar-refractivity contribution in [3.05, 3.63) is 65.5 Å². The largest absolute Gasteiger partial charge is 0.476 e. The maximum atomic E-state index is 12.5. The molecule has 1 saturated heterocycles. The van der Waals surface area contributed by atoms with Crippen LogP contribution in [0.5, 0.6) is 0 Å². The van der Waals surface area contributed by atoms with E-state index in [9.17, 15) is 14.7 Å². The molecule has 1 aliphatic rings. The summed E-state index contributed by atoms with van der Waals surface area (Å²) in [6.07, 6.45) is 3.75. The van der Waals surface area contributed by atoms with Crippen LogP contribution in [0.4, 0.5) is 16.0 Å². The monoisotopic (exact) mass is 451 g/mol. The molecule has 8 nitrogen and oxygen atoms in total. The molecule has 0 unspecified atom stereocenters. The summed E-state index contributed by atoms with van der Waals surface area (Å²) < 4.78 is 0. The number of carbonyl (C=O) groups excluding carboxylic acids is 1. The molecular weight excluding hydrogens is 426 g/mol. The molecule has 1 atom stereocenters. The standard InChI is InChI=1S/C23H25N5O3S/c1-15-6-4-7-16(12-15)13-19(29)25-17-8-5-11-28(14-17)23-27-20(22(30)31)21(32-23)26-18-9-2-3-10-24-18/h2-4,6-7,9-10,12,17H,5,8,11,13-14H2,1H3,(H,24,26)(H,25,29)(H,30,31)/t17-/m1/s1. The van der Waals surface area contributed by atoms with E-state index in [2.05, 4.69) is 20.6 Å². The van der Waals surface area contributed by atoms with Crippen LogP contribution in [0, 0.1) is 6.92 Å². The summed E-state index contributed by atoms with van der Waals surface area (Å²) in [7, 11) is 0. The number of carboxylic acids is 1. The zero-order valence-electron chi connectivity index (χ0n) is 17.7. The SMILES string of the molecule is Cc1cccc(CC(=O)N[C@@H]2CCCN(c3nc(C(=O)O)c(Nc4ccccn4)s3)C2)c1. The topological polar surface area (TPSA) is 107 Å². The molecule has 1 aromatic carbocycles. The molecule has 0 radical (unpaired) electrons. The number of thiazole rings is 1. The van der Waals surface area contributed by atoms with Crippen molar-refractivity contribution in [1.29, 1.82) is 0 Å². The second-order valence-electron chi connectivity index (χ2n) is 7.84. The van der Waals surface area contributed by atoms with Crippen LogP contribution in [-0.4, -0.2) is 46.1 Å². The van der Waals surface area contributed by atoms with Gasteiger partial charge < -0.3 is 20.6 Å². The van der Waals surface area contributed by atoms with Gasteiger partial charge in [-0.15, -0.1) is 0 Å². The smallest absolute Gasteiger partial charge is 0.357 e. The van der Waals surface area contributed by atoms with Crippen molar-refractivity contribution < 1.29 is 14.7 Å². The van der Waals surface area contributed by atoms with Gasteiger partial charge in [-0.2, -0.15) is 0 Å². The molecule has 0 spiro atoms. The number of nitrogens with zero attached hydrogens (tertiary/aromatic N) is 3. The molecular formula is C23H25N5O3S. The van der Waals surface area contributed by atoms with Crippen LogP contribution in [-0.2, 0) is 11.2 Å². The summed E-state index contributed by atoms with van der Waals surface area (Å²) >= 11 is 1.28. The van der Waals surface area contributed by atoms with Gasteiger partial charge in [-0.3, -0.25) is 4.79 Å². The molecule has 0 bridgehead atoms. The Morgan fingerprint density at radius 1 is 1.25 bits per heavy atom. The number of aryl methyl sites for hydroxylation is 1. The van der Waals surface area contributed by atoms with Crippen molar-refractivity contribution in [2.45, 2.75) is 32.2 Å². The van der Waals surface area contributed by atoms with Crippen LogP contribution in [0.2, 0.25) is 0 Å². The minimum absolute atomic E-state index is 0.00886. The zero-order valence-corrected chi connectivity index (χ0v) is 18.6. The molecule has 1 aliphatic heterocycles. The van der Waals surface area contributed by atoms with E-state index < -0.39 is 5.97 Å². The van der Waals surface area contributed by atoms with E-state index in [0.29, 0.717) is 28.9 Å². The molecule has 0 saturated carbocycles. The molecule has 166 valence electrons. The Balaban J connectivity index is 1.43. The Hall–Kier alpha value is -3.46. The van der Waals surface area contributed by atoms with E-state index >= 15 is 0 Å². The maximum Gasteiger partial charge on any atom is 0.357 e. The average molecular weight is 452 g/mol. The Kier molecular flexibility index (Phi) is 6.65. The van der Waals surface area contributed by atoms with Gasteiger partial charge in [0.1, 0.15) is 10.8 Å². The van der Waals surface area contributed by atoms with Crippen molar-refractivity contribution in [1.82, 2.24) is 15.3 Å². The van der Waals surface area contributed by atoms with E-state index in [1.165, 1.54) is 11.3 Å². The Morgan fingerprint density at radius 3 is 2.88 bits per heavy atom. The third-order valence-corrected chi connectivity index (χ3v) is 6.26. The van der Waals surface area contributed by atoms with Crippen LogP contribution in [0.15, 0.2) is 48.7 Å². The summed E-state index contributed by atoms with van der Waals surface area (Å²) in [4.78, 5) is 34.9. The maximum absolute atomic E-state index is 12.5. The summed E-state index contributed by atoms with van der Waals surface area (Å²) in [6, 6.07) is 13.3. The normalized spacial score (nSPS) is 15.9. The van der Waals surface area contributed by atoms with Crippen LogP contribution in [0.25, 0.3) is 0 Å². The number of carbonyl (C=O) groups is 2. The molecule has 4 rings (SSSR count). The highest BCUT2D eigenvalue weighted by Crippen LogP contribution is 2.34. The van der Waals surface area contributed by atoms with Crippen LogP contribution < -0.4 is 15.5 Å². The average Bonchev–Trinajstić information content (AvgIpc) is 3.19. The third kappa shape index (κ3) is 5.42. The number of carboxylic acid groups (broad SMARTS) is 1. The van der Waals surface area contributed by atoms with Gasteiger partial charge in [0.25, 0.3) is 0 Å². The number of piperidine rings is 1. The Morgan fingerprint density at radius 2 is 2.12 bits per heavy atom. The van der Waals surface area contributed by atoms with Crippen molar-refractivity contribution in [2.24, 2.45) is 0 Å². The molecule has 3 heterocycles. The number of hydrogen-bond donors (Lipinski definition) is 3. The zero-order chi connectivity index (χ0) is 22.5. The van der Waals surface area contributed by atoms with Gasteiger partial charge in [0.15, 0.2) is 10.8 Å². The Bertz CT molecular complexity index is 1100. The number of amides is 1. The predicted molar refractivity (Wildman–Crippen MR) is 125 cm³/mol. The third-order valence-electron chi connectivity index (χ3n) is 5.23. The molecule has 0 aliphatic carbocycles. The number of benzene rings is 1. The summed E-state index contributed by atoms with van der Waals surface area (Å²) in [6.45, 7) is 3.37.